The van der Waals surface area contributed by atoms with Crippen LogP contribution < -0.4 is 16.0 Å². The van der Waals surface area contributed by atoms with Crippen molar-refractivity contribution in [3.05, 3.63) is 29.0 Å². The third-order valence-electron chi connectivity index (χ3n) is 3.55. The summed E-state index contributed by atoms with van der Waals surface area (Å²) in [6.07, 6.45) is 3.51. The van der Waals surface area contributed by atoms with Gasteiger partial charge in [0.1, 0.15) is 5.82 Å². The topological polar surface area (TPSA) is 41.3 Å². The van der Waals surface area contributed by atoms with Crippen molar-refractivity contribution in [1.82, 2.24) is 5.32 Å². The first kappa shape index (κ1) is 18.2. The second-order valence-electron chi connectivity index (χ2n) is 5.29. The van der Waals surface area contributed by atoms with Gasteiger partial charge in [0.05, 0.1) is 5.69 Å². The lowest BCUT2D eigenvalue weighted by molar-refractivity contribution is 0.566. The average Bonchev–Trinajstić information content (AvgIpc) is 2.49. The maximum atomic E-state index is 13.5. The van der Waals surface area contributed by atoms with E-state index < -0.39 is 0 Å². The van der Waals surface area contributed by atoms with E-state index in [9.17, 15) is 4.39 Å². The molecule has 21 heavy (non-hydrogen) atoms. The minimum Gasteiger partial charge on any atom is -0.367 e. The minimum absolute atomic E-state index is 0.237. The number of benzene rings is 1. The minimum atomic E-state index is -0.237. The molecule has 1 aromatic carbocycles. The number of hydrogen-bond donors (Lipinski definition) is 2. The number of anilines is 1. The maximum Gasteiger partial charge on any atom is 0.147 e. The highest BCUT2D eigenvalue weighted by Crippen LogP contribution is 2.22. The van der Waals surface area contributed by atoms with Crippen LogP contribution in [-0.2, 0) is 0 Å². The fourth-order valence-electron chi connectivity index (χ4n) is 2.22. The lowest BCUT2D eigenvalue weighted by Crippen LogP contribution is -2.43. The summed E-state index contributed by atoms with van der Waals surface area (Å²) in [4.78, 5) is 2.03. The van der Waals surface area contributed by atoms with Crippen molar-refractivity contribution in [3.63, 3.8) is 0 Å². The summed E-state index contributed by atoms with van der Waals surface area (Å²) in [6, 6.07) is 5.27. The largest absolute Gasteiger partial charge is 0.367 e. The molecule has 1 saturated heterocycles. The molecule has 1 atom stereocenters. The number of nitrogens with two attached hydrogens (primary N) is 1. The smallest absolute Gasteiger partial charge is 0.147 e. The summed E-state index contributed by atoms with van der Waals surface area (Å²) in [5.41, 5.74) is 6.23. The van der Waals surface area contributed by atoms with Crippen LogP contribution in [0.2, 0.25) is 5.02 Å². The molecule has 2 rings (SSSR count). The van der Waals surface area contributed by atoms with Gasteiger partial charge in [-0.05, 0) is 31.0 Å². The molecule has 1 aromatic rings. The Morgan fingerprint density at radius 2 is 2.00 bits per heavy atom. The SMILES string of the molecule is CCCC(N)CC.Fc1cc(Cl)ccc1N1CCNCC1. The fraction of sp³-hybridized carbons (Fsp3) is 0.625. The van der Waals surface area contributed by atoms with E-state index in [1.54, 1.807) is 12.1 Å². The van der Waals surface area contributed by atoms with E-state index in [0.717, 1.165) is 32.6 Å². The summed E-state index contributed by atoms with van der Waals surface area (Å²) < 4.78 is 13.5. The fourth-order valence-corrected chi connectivity index (χ4v) is 2.38. The van der Waals surface area contributed by atoms with Crippen molar-refractivity contribution in [1.29, 1.82) is 0 Å². The van der Waals surface area contributed by atoms with Crippen LogP contribution in [0.25, 0.3) is 0 Å². The molecule has 0 radical (unpaired) electrons. The van der Waals surface area contributed by atoms with Crippen LogP contribution in [0.1, 0.15) is 33.1 Å². The molecule has 1 heterocycles. The number of rotatable bonds is 4. The van der Waals surface area contributed by atoms with Gasteiger partial charge in [0.2, 0.25) is 0 Å². The van der Waals surface area contributed by atoms with Crippen molar-refractivity contribution < 1.29 is 4.39 Å². The van der Waals surface area contributed by atoms with E-state index in [0.29, 0.717) is 16.8 Å². The lowest BCUT2D eigenvalue weighted by Gasteiger charge is -2.29. The Hall–Kier alpha value is -0.840. The normalized spacial score (nSPS) is 16.1. The van der Waals surface area contributed by atoms with Crippen LogP contribution >= 0.6 is 11.6 Å². The molecule has 1 fully saturated rings. The molecule has 0 spiro atoms. The third kappa shape index (κ3) is 6.64. The van der Waals surface area contributed by atoms with Gasteiger partial charge in [-0.1, -0.05) is 31.9 Å². The van der Waals surface area contributed by atoms with E-state index in [2.05, 4.69) is 19.2 Å². The zero-order valence-electron chi connectivity index (χ0n) is 13.0. The zero-order valence-corrected chi connectivity index (χ0v) is 13.8. The van der Waals surface area contributed by atoms with Gasteiger partial charge < -0.3 is 16.0 Å². The molecular formula is C16H27ClFN3. The molecular weight excluding hydrogens is 289 g/mol. The van der Waals surface area contributed by atoms with Crippen LogP contribution in [0.3, 0.4) is 0 Å². The monoisotopic (exact) mass is 315 g/mol. The molecule has 120 valence electrons. The van der Waals surface area contributed by atoms with Crippen molar-refractivity contribution in [2.75, 3.05) is 31.1 Å². The molecule has 0 bridgehead atoms. The van der Waals surface area contributed by atoms with Gasteiger partial charge in [-0.15, -0.1) is 0 Å². The molecule has 5 heteroatoms. The molecule has 1 aliphatic heterocycles. The Kier molecular flexibility index (Phi) is 8.66. The number of piperazine rings is 1. The van der Waals surface area contributed by atoms with E-state index >= 15 is 0 Å². The van der Waals surface area contributed by atoms with Crippen LogP contribution in [0.4, 0.5) is 10.1 Å². The van der Waals surface area contributed by atoms with Gasteiger partial charge in [-0.2, -0.15) is 0 Å². The number of nitrogens with one attached hydrogen (secondary N) is 1. The Labute approximate surface area is 132 Å². The molecule has 3 N–H and O–H groups in total. The van der Waals surface area contributed by atoms with Crippen molar-refractivity contribution in [2.45, 2.75) is 39.2 Å². The van der Waals surface area contributed by atoms with E-state index in [1.807, 2.05) is 4.90 Å². The van der Waals surface area contributed by atoms with Crippen LogP contribution in [0, 0.1) is 5.82 Å². The second-order valence-corrected chi connectivity index (χ2v) is 5.73. The molecule has 0 saturated carbocycles. The number of hydrogen-bond acceptors (Lipinski definition) is 3. The Morgan fingerprint density at radius 1 is 1.33 bits per heavy atom. The Bertz CT molecular complexity index is 409. The molecule has 1 aliphatic rings. The predicted molar refractivity (Wildman–Crippen MR) is 89.7 cm³/mol. The molecule has 1 unspecified atom stereocenters. The molecule has 0 amide bonds. The van der Waals surface area contributed by atoms with Gasteiger partial charge in [-0.3, -0.25) is 0 Å². The van der Waals surface area contributed by atoms with Crippen LogP contribution in [-0.4, -0.2) is 32.2 Å². The Balaban J connectivity index is 0.000000270. The highest BCUT2D eigenvalue weighted by molar-refractivity contribution is 6.30. The van der Waals surface area contributed by atoms with E-state index in [4.69, 9.17) is 17.3 Å². The first-order valence-corrected chi connectivity index (χ1v) is 8.12. The van der Waals surface area contributed by atoms with Crippen molar-refractivity contribution in [2.24, 2.45) is 5.73 Å². The van der Waals surface area contributed by atoms with Gasteiger partial charge in [0.25, 0.3) is 0 Å². The summed E-state index contributed by atoms with van der Waals surface area (Å²) in [7, 11) is 0. The molecule has 3 nitrogen and oxygen atoms in total. The Morgan fingerprint density at radius 3 is 2.48 bits per heavy atom. The second kappa shape index (κ2) is 9.98. The lowest BCUT2D eigenvalue weighted by atomic mass is 10.1. The third-order valence-corrected chi connectivity index (χ3v) is 3.79. The van der Waals surface area contributed by atoms with Crippen LogP contribution in [0.5, 0.6) is 0 Å². The van der Waals surface area contributed by atoms with Gasteiger partial charge in [0.15, 0.2) is 0 Å². The van der Waals surface area contributed by atoms with Crippen molar-refractivity contribution in [3.8, 4) is 0 Å². The predicted octanol–water partition coefficient (Wildman–Crippen LogP) is 3.41. The van der Waals surface area contributed by atoms with Crippen molar-refractivity contribution >= 4 is 17.3 Å². The van der Waals surface area contributed by atoms with E-state index in [1.165, 1.54) is 18.9 Å². The molecule has 0 aliphatic carbocycles. The summed E-state index contributed by atoms with van der Waals surface area (Å²) in [5, 5.41) is 3.67. The summed E-state index contributed by atoms with van der Waals surface area (Å²) >= 11 is 5.69. The van der Waals surface area contributed by atoms with E-state index in [-0.39, 0.29) is 5.82 Å². The molecule has 0 aromatic heterocycles. The maximum absolute atomic E-state index is 13.5. The standard InChI is InChI=1S/C10H12ClFN2.C6H15N/c11-8-1-2-10(9(12)7-8)14-5-3-13-4-6-14;1-3-5-6(7)4-2/h1-2,7,13H,3-6H2;6H,3-5,7H2,1-2H3. The average molecular weight is 316 g/mol. The van der Waals surface area contributed by atoms with Gasteiger partial charge in [-0.25, -0.2) is 4.39 Å². The number of nitrogens with zero attached hydrogens (tertiary/aromatic N) is 1. The van der Waals surface area contributed by atoms with Gasteiger partial charge >= 0.3 is 0 Å². The summed E-state index contributed by atoms with van der Waals surface area (Å²) in [5.74, 6) is -0.237. The summed E-state index contributed by atoms with van der Waals surface area (Å²) in [6.45, 7) is 7.79. The quantitative estimate of drug-likeness (QED) is 0.894. The first-order valence-electron chi connectivity index (χ1n) is 7.74. The number of halogens is 2. The van der Waals surface area contributed by atoms with Crippen LogP contribution in [0.15, 0.2) is 18.2 Å². The zero-order chi connectivity index (χ0) is 15.7. The first-order chi connectivity index (χ1) is 10.1. The highest BCUT2D eigenvalue weighted by Gasteiger charge is 2.13. The highest BCUT2D eigenvalue weighted by atomic mass is 35.5. The van der Waals surface area contributed by atoms with Gasteiger partial charge in [0, 0.05) is 37.2 Å².